The van der Waals surface area contributed by atoms with Crippen LogP contribution >= 0.6 is 12.4 Å². The molecule has 0 aliphatic carbocycles. The highest BCUT2D eigenvalue weighted by Crippen LogP contribution is 2.12. The second-order valence-electron chi connectivity index (χ2n) is 4.43. The highest BCUT2D eigenvalue weighted by atomic mass is 35.5. The van der Waals surface area contributed by atoms with Gasteiger partial charge in [-0.2, -0.15) is 0 Å². The molecule has 1 N–H and O–H groups in total. The maximum absolute atomic E-state index is 13.4. The molecule has 0 saturated carbocycles. The van der Waals surface area contributed by atoms with E-state index >= 15 is 0 Å². The smallest absolute Gasteiger partial charge is 0.239 e. The zero-order valence-corrected chi connectivity index (χ0v) is 11.2. The molecule has 1 fully saturated rings. The van der Waals surface area contributed by atoms with E-state index in [9.17, 15) is 9.18 Å². The van der Waals surface area contributed by atoms with E-state index in [1.165, 1.54) is 6.07 Å². The molecule has 0 spiro atoms. The molecule has 100 valence electrons. The summed E-state index contributed by atoms with van der Waals surface area (Å²) in [5.41, 5.74) is 0.557. The minimum atomic E-state index is -0.258. The minimum Gasteiger partial charge on any atom is -0.340 e. The lowest BCUT2D eigenvalue weighted by atomic mass is 10.1. The molecule has 5 heteroatoms. The third kappa shape index (κ3) is 3.43. The molecule has 3 nitrogen and oxygen atoms in total. The Morgan fingerprint density at radius 1 is 1.50 bits per heavy atom. The predicted octanol–water partition coefficient (Wildman–Crippen LogP) is 1.96. The number of amides is 1. The van der Waals surface area contributed by atoms with Crippen LogP contribution in [0, 0.1) is 5.82 Å². The van der Waals surface area contributed by atoms with Gasteiger partial charge in [0.05, 0.1) is 6.04 Å². The Hall–Kier alpha value is -1.13. The quantitative estimate of drug-likeness (QED) is 0.912. The van der Waals surface area contributed by atoms with Crippen molar-refractivity contribution < 1.29 is 9.18 Å². The molecule has 1 heterocycles. The standard InChI is InChI=1S/C13H17FN2O.ClH/c1-16(13(17)12-7-4-8-15-12)9-10-5-2-3-6-11(10)14;/h2-3,5-6,12,15H,4,7-9H2,1H3;1H. The van der Waals surface area contributed by atoms with Crippen LogP contribution < -0.4 is 5.32 Å². The molecule has 1 unspecified atom stereocenters. The monoisotopic (exact) mass is 272 g/mol. The van der Waals surface area contributed by atoms with Crippen molar-refractivity contribution in [1.29, 1.82) is 0 Å². The number of hydrogen-bond donors (Lipinski definition) is 1. The van der Waals surface area contributed by atoms with Crippen molar-refractivity contribution in [2.24, 2.45) is 0 Å². The van der Waals surface area contributed by atoms with Gasteiger partial charge in [-0.15, -0.1) is 12.4 Å². The summed E-state index contributed by atoms with van der Waals surface area (Å²) >= 11 is 0. The van der Waals surface area contributed by atoms with Gasteiger partial charge in [0.15, 0.2) is 0 Å². The fraction of sp³-hybridized carbons (Fsp3) is 0.462. The van der Waals surface area contributed by atoms with Crippen molar-refractivity contribution >= 4 is 18.3 Å². The number of carbonyl (C=O) groups excluding carboxylic acids is 1. The molecule has 1 aliphatic heterocycles. The SMILES string of the molecule is CN(Cc1ccccc1F)C(=O)C1CCCN1.Cl. The second kappa shape index (κ2) is 6.71. The van der Waals surface area contributed by atoms with Gasteiger partial charge in [-0.1, -0.05) is 18.2 Å². The van der Waals surface area contributed by atoms with Gasteiger partial charge in [-0.25, -0.2) is 4.39 Å². The highest BCUT2D eigenvalue weighted by Gasteiger charge is 2.25. The number of carbonyl (C=O) groups is 1. The van der Waals surface area contributed by atoms with Gasteiger partial charge < -0.3 is 10.2 Å². The number of rotatable bonds is 3. The Kier molecular flexibility index (Phi) is 5.56. The Balaban J connectivity index is 0.00000162. The number of likely N-dealkylation sites (N-methyl/N-ethyl adjacent to an activating group) is 1. The van der Waals surface area contributed by atoms with E-state index < -0.39 is 0 Å². The van der Waals surface area contributed by atoms with Gasteiger partial charge in [0.1, 0.15) is 5.82 Å². The average Bonchev–Trinajstić information content (AvgIpc) is 2.84. The lowest BCUT2D eigenvalue weighted by Crippen LogP contribution is -2.41. The van der Waals surface area contributed by atoms with Crippen LogP contribution in [0.1, 0.15) is 18.4 Å². The number of nitrogens with one attached hydrogen (secondary N) is 1. The molecular formula is C13H18ClFN2O. The first-order valence-corrected chi connectivity index (χ1v) is 5.90. The van der Waals surface area contributed by atoms with Crippen molar-refractivity contribution in [3.05, 3.63) is 35.6 Å². The third-order valence-electron chi connectivity index (χ3n) is 3.10. The molecule has 1 atom stereocenters. The van der Waals surface area contributed by atoms with Crippen LogP contribution in [-0.2, 0) is 11.3 Å². The van der Waals surface area contributed by atoms with Crippen molar-refractivity contribution in [3.63, 3.8) is 0 Å². The molecule has 0 aromatic heterocycles. The lowest BCUT2D eigenvalue weighted by Gasteiger charge is -2.21. The molecular weight excluding hydrogens is 255 g/mol. The lowest BCUT2D eigenvalue weighted by molar-refractivity contribution is -0.132. The van der Waals surface area contributed by atoms with Crippen LogP contribution in [0.5, 0.6) is 0 Å². The Morgan fingerprint density at radius 3 is 2.83 bits per heavy atom. The molecule has 2 rings (SSSR count). The number of hydrogen-bond acceptors (Lipinski definition) is 2. The summed E-state index contributed by atoms with van der Waals surface area (Å²) in [5.74, 6) is -0.211. The van der Waals surface area contributed by atoms with E-state index in [2.05, 4.69) is 5.32 Å². The van der Waals surface area contributed by atoms with Gasteiger partial charge in [-0.3, -0.25) is 4.79 Å². The summed E-state index contributed by atoms with van der Waals surface area (Å²) in [4.78, 5) is 13.6. The van der Waals surface area contributed by atoms with Crippen LogP contribution in [0.2, 0.25) is 0 Å². The Morgan fingerprint density at radius 2 is 2.22 bits per heavy atom. The van der Waals surface area contributed by atoms with Crippen LogP contribution in [0.25, 0.3) is 0 Å². The van der Waals surface area contributed by atoms with E-state index in [-0.39, 0.29) is 30.2 Å². The van der Waals surface area contributed by atoms with E-state index in [1.54, 1.807) is 30.1 Å². The fourth-order valence-electron chi connectivity index (χ4n) is 2.12. The summed E-state index contributed by atoms with van der Waals surface area (Å²) in [6.45, 7) is 1.22. The predicted molar refractivity (Wildman–Crippen MR) is 71.1 cm³/mol. The van der Waals surface area contributed by atoms with Crippen molar-refractivity contribution in [1.82, 2.24) is 10.2 Å². The zero-order valence-electron chi connectivity index (χ0n) is 10.4. The average molecular weight is 273 g/mol. The molecule has 18 heavy (non-hydrogen) atoms. The third-order valence-corrected chi connectivity index (χ3v) is 3.10. The first-order valence-electron chi connectivity index (χ1n) is 5.90. The Labute approximate surface area is 113 Å². The summed E-state index contributed by atoms with van der Waals surface area (Å²) in [6, 6.07) is 6.47. The van der Waals surface area contributed by atoms with Crippen LogP contribution in [0.3, 0.4) is 0 Å². The van der Waals surface area contributed by atoms with Crippen LogP contribution in [0.4, 0.5) is 4.39 Å². The van der Waals surface area contributed by atoms with Gasteiger partial charge >= 0.3 is 0 Å². The first kappa shape index (κ1) is 14.9. The van der Waals surface area contributed by atoms with Crippen molar-refractivity contribution in [3.8, 4) is 0 Å². The van der Waals surface area contributed by atoms with Gasteiger partial charge in [0.25, 0.3) is 0 Å². The highest BCUT2D eigenvalue weighted by molar-refractivity contribution is 5.85. The first-order chi connectivity index (χ1) is 8.18. The maximum Gasteiger partial charge on any atom is 0.239 e. The van der Waals surface area contributed by atoms with Crippen molar-refractivity contribution in [2.45, 2.75) is 25.4 Å². The van der Waals surface area contributed by atoms with Crippen LogP contribution in [0.15, 0.2) is 24.3 Å². The van der Waals surface area contributed by atoms with Crippen LogP contribution in [-0.4, -0.2) is 30.4 Å². The minimum absolute atomic E-state index is 0. The van der Waals surface area contributed by atoms with Gasteiger partial charge in [0, 0.05) is 19.2 Å². The maximum atomic E-state index is 13.4. The molecule has 1 aromatic rings. The summed E-state index contributed by atoms with van der Waals surface area (Å²) in [5, 5.41) is 3.15. The molecule has 0 bridgehead atoms. The zero-order chi connectivity index (χ0) is 12.3. The topological polar surface area (TPSA) is 32.3 Å². The molecule has 1 aromatic carbocycles. The molecule has 1 aliphatic rings. The number of nitrogens with zero attached hydrogens (tertiary/aromatic N) is 1. The molecule has 1 amide bonds. The number of halogens is 2. The molecule has 1 saturated heterocycles. The fourth-order valence-corrected chi connectivity index (χ4v) is 2.12. The summed E-state index contributed by atoms with van der Waals surface area (Å²) in [6.07, 6.45) is 1.91. The van der Waals surface area contributed by atoms with E-state index in [0.29, 0.717) is 12.1 Å². The van der Waals surface area contributed by atoms with E-state index in [1.807, 2.05) is 0 Å². The van der Waals surface area contributed by atoms with Gasteiger partial charge in [0.2, 0.25) is 5.91 Å². The van der Waals surface area contributed by atoms with Gasteiger partial charge in [-0.05, 0) is 25.5 Å². The van der Waals surface area contributed by atoms with E-state index in [4.69, 9.17) is 0 Å². The van der Waals surface area contributed by atoms with Crippen molar-refractivity contribution in [2.75, 3.05) is 13.6 Å². The Bertz CT molecular complexity index is 408. The normalized spacial score (nSPS) is 18.2. The molecule has 0 radical (unpaired) electrons. The largest absolute Gasteiger partial charge is 0.340 e. The number of benzene rings is 1. The summed E-state index contributed by atoms with van der Waals surface area (Å²) in [7, 11) is 1.72. The second-order valence-corrected chi connectivity index (χ2v) is 4.43. The summed E-state index contributed by atoms with van der Waals surface area (Å²) < 4.78 is 13.4. The van der Waals surface area contributed by atoms with E-state index in [0.717, 1.165) is 19.4 Å².